The Kier molecular flexibility index (Phi) is 5.40. The van der Waals surface area contributed by atoms with Crippen LogP contribution < -0.4 is 10.1 Å². The zero-order chi connectivity index (χ0) is 23.1. The second-order valence-corrected chi connectivity index (χ2v) is 8.96. The van der Waals surface area contributed by atoms with E-state index in [-0.39, 0.29) is 17.5 Å². The second kappa shape index (κ2) is 8.39. The van der Waals surface area contributed by atoms with Gasteiger partial charge in [0, 0.05) is 17.7 Å². The standard InChI is InChI=1S/C26H28N4O3/c1-4-33-23-13-18(9-10-21(23)31)25-24-20(29-26-27-14-28-30(25)26)11-19(12-22(24)32)17-7-5-16(6-8-17)15(2)3/h5-10,13-15,19,25,31H,4,11-12H2,1-3H3,(H,27,28,29). The Morgan fingerprint density at radius 2 is 1.91 bits per heavy atom. The molecule has 0 fully saturated rings. The summed E-state index contributed by atoms with van der Waals surface area (Å²) in [7, 11) is 0. The highest BCUT2D eigenvalue weighted by Gasteiger charge is 2.39. The molecule has 0 spiro atoms. The Morgan fingerprint density at radius 1 is 1.15 bits per heavy atom. The van der Waals surface area contributed by atoms with E-state index in [9.17, 15) is 9.90 Å². The van der Waals surface area contributed by atoms with Crippen molar-refractivity contribution in [2.24, 2.45) is 0 Å². The third-order valence-corrected chi connectivity index (χ3v) is 6.54. The summed E-state index contributed by atoms with van der Waals surface area (Å²) in [5, 5.41) is 17.9. The van der Waals surface area contributed by atoms with Crippen molar-refractivity contribution in [1.82, 2.24) is 14.8 Å². The number of carbonyl (C=O) groups excluding carboxylic acids is 1. The van der Waals surface area contributed by atoms with Crippen LogP contribution in [-0.2, 0) is 4.79 Å². The minimum atomic E-state index is -0.421. The summed E-state index contributed by atoms with van der Waals surface area (Å²) in [5.74, 6) is 1.75. The molecule has 2 heterocycles. The molecule has 0 saturated heterocycles. The van der Waals surface area contributed by atoms with Crippen molar-refractivity contribution < 1.29 is 14.6 Å². The summed E-state index contributed by atoms with van der Waals surface area (Å²) in [6, 6.07) is 13.4. The average Bonchev–Trinajstić information content (AvgIpc) is 3.27. The molecular formula is C26H28N4O3. The first-order valence-corrected chi connectivity index (χ1v) is 11.4. The van der Waals surface area contributed by atoms with Crippen molar-refractivity contribution in [2.75, 3.05) is 11.9 Å². The van der Waals surface area contributed by atoms with Crippen LogP contribution in [0.5, 0.6) is 11.5 Å². The monoisotopic (exact) mass is 444 g/mol. The van der Waals surface area contributed by atoms with Crippen LogP contribution in [0.25, 0.3) is 0 Å². The molecule has 0 saturated carbocycles. The average molecular weight is 445 g/mol. The SMILES string of the molecule is CCOc1cc(C2C3=C(CC(c4ccc(C(C)C)cc4)CC3=O)Nc3ncnn32)ccc1O. The van der Waals surface area contributed by atoms with E-state index in [1.165, 1.54) is 17.5 Å². The van der Waals surface area contributed by atoms with Gasteiger partial charge < -0.3 is 15.2 Å². The number of phenols is 1. The Bertz CT molecular complexity index is 1230. The van der Waals surface area contributed by atoms with Crippen LogP contribution in [0.3, 0.4) is 0 Å². The molecule has 2 aliphatic rings. The quantitative estimate of drug-likeness (QED) is 0.581. The van der Waals surface area contributed by atoms with Gasteiger partial charge in [-0.3, -0.25) is 4.79 Å². The lowest BCUT2D eigenvalue weighted by Gasteiger charge is -2.35. The van der Waals surface area contributed by atoms with Crippen molar-refractivity contribution in [3.05, 3.63) is 76.8 Å². The topological polar surface area (TPSA) is 89.3 Å². The molecule has 33 heavy (non-hydrogen) atoms. The van der Waals surface area contributed by atoms with Gasteiger partial charge in [-0.1, -0.05) is 44.2 Å². The van der Waals surface area contributed by atoms with Gasteiger partial charge in [-0.05, 0) is 54.0 Å². The highest BCUT2D eigenvalue weighted by atomic mass is 16.5. The molecule has 0 amide bonds. The van der Waals surface area contributed by atoms with Crippen LogP contribution in [0.4, 0.5) is 5.95 Å². The maximum Gasteiger partial charge on any atom is 0.226 e. The summed E-state index contributed by atoms with van der Waals surface area (Å²) >= 11 is 0. The van der Waals surface area contributed by atoms with E-state index in [4.69, 9.17) is 4.74 Å². The lowest BCUT2D eigenvalue weighted by molar-refractivity contribution is -0.116. The van der Waals surface area contributed by atoms with E-state index in [0.717, 1.165) is 17.7 Å². The molecule has 5 rings (SSSR count). The molecule has 2 unspecified atom stereocenters. The Morgan fingerprint density at radius 3 is 2.64 bits per heavy atom. The third-order valence-electron chi connectivity index (χ3n) is 6.54. The lowest BCUT2D eigenvalue weighted by atomic mass is 9.77. The smallest absolute Gasteiger partial charge is 0.226 e. The molecule has 2 N–H and O–H groups in total. The molecule has 2 atom stereocenters. The van der Waals surface area contributed by atoms with Crippen LogP contribution in [0, 0.1) is 0 Å². The van der Waals surface area contributed by atoms with Gasteiger partial charge in [0.05, 0.1) is 6.61 Å². The van der Waals surface area contributed by atoms with Crippen LogP contribution >= 0.6 is 0 Å². The number of aromatic nitrogens is 3. The molecule has 0 radical (unpaired) electrons. The number of nitrogens with one attached hydrogen (secondary N) is 1. The number of benzene rings is 2. The van der Waals surface area contributed by atoms with E-state index in [1.54, 1.807) is 16.8 Å². The van der Waals surface area contributed by atoms with Gasteiger partial charge in [0.2, 0.25) is 5.95 Å². The molecule has 7 heteroatoms. The zero-order valence-corrected chi connectivity index (χ0v) is 19.1. The largest absolute Gasteiger partial charge is 0.504 e. The fourth-order valence-corrected chi connectivity index (χ4v) is 4.82. The number of hydrogen-bond donors (Lipinski definition) is 2. The minimum absolute atomic E-state index is 0.0717. The van der Waals surface area contributed by atoms with Gasteiger partial charge in [0.25, 0.3) is 0 Å². The number of ketones is 1. The van der Waals surface area contributed by atoms with E-state index >= 15 is 0 Å². The number of allylic oxidation sites excluding steroid dienone is 2. The number of ether oxygens (including phenoxy) is 1. The number of anilines is 1. The van der Waals surface area contributed by atoms with Crippen molar-refractivity contribution in [1.29, 1.82) is 0 Å². The normalized spacial score (nSPS) is 19.8. The second-order valence-electron chi connectivity index (χ2n) is 8.96. The molecular weight excluding hydrogens is 416 g/mol. The third kappa shape index (κ3) is 3.77. The predicted octanol–water partition coefficient (Wildman–Crippen LogP) is 4.92. The van der Waals surface area contributed by atoms with E-state index in [1.807, 2.05) is 13.0 Å². The fourth-order valence-electron chi connectivity index (χ4n) is 4.82. The van der Waals surface area contributed by atoms with Gasteiger partial charge in [0.1, 0.15) is 12.4 Å². The predicted molar refractivity (Wildman–Crippen MR) is 126 cm³/mol. The highest BCUT2D eigenvalue weighted by molar-refractivity contribution is 6.00. The van der Waals surface area contributed by atoms with Crippen molar-refractivity contribution in [3.63, 3.8) is 0 Å². The summed E-state index contributed by atoms with van der Waals surface area (Å²) in [6.07, 6.45) is 2.66. The van der Waals surface area contributed by atoms with Crippen molar-refractivity contribution in [3.8, 4) is 11.5 Å². The summed E-state index contributed by atoms with van der Waals surface area (Å²) < 4.78 is 7.32. The van der Waals surface area contributed by atoms with Gasteiger partial charge in [0.15, 0.2) is 17.3 Å². The van der Waals surface area contributed by atoms with Crippen molar-refractivity contribution in [2.45, 2.75) is 51.5 Å². The van der Waals surface area contributed by atoms with Crippen LogP contribution in [0.1, 0.15) is 68.2 Å². The summed E-state index contributed by atoms with van der Waals surface area (Å²) in [4.78, 5) is 17.9. The molecule has 2 aromatic carbocycles. The van der Waals surface area contributed by atoms with Gasteiger partial charge in [-0.2, -0.15) is 10.1 Å². The number of aromatic hydroxyl groups is 1. The maximum absolute atomic E-state index is 13.5. The number of nitrogens with zero attached hydrogens (tertiary/aromatic N) is 3. The zero-order valence-electron chi connectivity index (χ0n) is 19.1. The van der Waals surface area contributed by atoms with Gasteiger partial charge >= 0.3 is 0 Å². The molecule has 1 aliphatic carbocycles. The minimum Gasteiger partial charge on any atom is -0.504 e. The number of carbonyl (C=O) groups is 1. The van der Waals surface area contributed by atoms with E-state index in [2.05, 4.69) is 53.5 Å². The molecule has 3 aromatic rings. The van der Waals surface area contributed by atoms with Crippen LogP contribution in [-0.4, -0.2) is 32.3 Å². The Balaban J connectivity index is 1.54. The first-order valence-electron chi connectivity index (χ1n) is 11.4. The fraction of sp³-hybridized carbons (Fsp3) is 0.346. The highest BCUT2D eigenvalue weighted by Crippen LogP contribution is 2.45. The van der Waals surface area contributed by atoms with E-state index in [0.29, 0.717) is 36.2 Å². The lowest BCUT2D eigenvalue weighted by Crippen LogP contribution is -2.33. The molecule has 0 bridgehead atoms. The number of phenolic OH excluding ortho intramolecular Hbond substituents is 1. The summed E-state index contributed by atoms with van der Waals surface area (Å²) in [6.45, 7) is 6.66. The van der Waals surface area contributed by atoms with Crippen LogP contribution in [0.2, 0.25) is 0 Å². The maximum atomic E-state index is 13.5. The van der Waals surface area contributed by atoms with Gasteiger partial charge in [-0.25, -0.2) is 4.68 Å². The van der Waals surface area contributed by atoms with E-state index < -0.39 is 6.04 Å². The number of hydrogen-bond acceptors (Lipinski definition) is 6. The number of rotatable bonds is 5. The van der Waals surface area contributed by atoms with Crippen LogP contribution in [0.15, 0.2) is 60.1 Å². The Hall–Kier alpha value is -3.61. The summed E-state index contributed by atoms with van der Waals surface area (Å²) in [5.41, 5.74) is 4.89. The number of fused-ring (bicyclic) bond motifs is 1. The Labute approximate surface area is 193 Å². The number of Topliss-reactive ketones (excluding diaryl/α,β-unsaturated/α-hetero) is 1. The molecule has 170 valence electrons. The molecule has 7 nitrogen and oxygen atoms in total. The van der Waals surface area contributed by atoms with Gasteiger partial charge in [-0.15, -0.1) is 0 Å². The molecule has 1 aromatic heterocycles. The van der Waals surface area contributed by atoms with Crippen molar-refractivity contribution >= 4 is 11.7 Å². The first-order chi connectivity index (χ1) is 16.0. The molecule has 1 aliphatic heterocycles. The first kappa shape index (κ1) is 21.2.